The van der Waals surface area contributed by atoms with Crippen LogP contribution in [0.4, 0.5) is 0 Å². The molecule has 1 saturated heterocycles. The highest BCUT2D eigenvalue weighted by atomic mass is 16.2. The Morgan fingerprint density at radius 3 is 2.58 bits per heavy atom. The van der Waals surface area contributed by atoms with Crippen molar-refractivity contribution in [2.24, 2.45) is 0 Å². The Morgan fingerprint density at radius 1 is 1.12 bits per heavy atom. The van der Waals surface area contributed by atoms with Crippen LogP contribution >= 0.6 is 0 Å². The molecular formula is C18H18N4O2. The molecule has 1 aliphatic rings. The molecule has 3 aromatic rings. The smallest absolute Gasteiger partial charge is 0.255 e. The van der Waals surface area contributed by atoms with Crippen LogP contribution in [0.3, 0.4) is 0 Å². The van der Waals surface area contributed by atoms with Gasteiger partial charge in [-0.1, -0.05) is 18.2 Å². The van der Waals surface area contributed by atoms with Gasteiger partial charge in [0.2, 0.25) is 0 Å². The van der Waals surface area contributed by atoms with Gasteiger partial charge < -0.3 is 9.88 Å². The highest BCUT2D eigenvalue weighted by Gasteiger charge is 2.26. The van der Waals surface area contributed by atoms with Gasteiger partial charge in [0.1, 0.15) is 0 Å². The number of rotatable bonds is 2. The highest BCUT2D eigenvalue weighted by Crippen LogP contribution is 2.28. The van der Waals surface area contributed by atoms with Crippen molar-refractivity contribution in [3.8, 4) is 0 Å². The third kappa shape index (κ3) is 2.50. The van der Waals surface area contributed by atoms with Gasteiger partial charge in [-0.05, 0) is 30.4 Å². The molecule has 0 saturated carbocycles. The molecule has 0 spiro atoms. The Bertz CT molecular complexity index is 922. The molecule has 6 nitrogen and oxygen atoms in total. The number of aromatic nitrogens is 3. The molecule has 3 heterocycles. The zero-order chi connectivity index (χ0) is 16.5. The van der Waals surface area contributed by atoms with E-state index in [1.807, 2.05) is 35.5 Å². The molecule has 1 aliphatic heterocycles. The van der Waals surface area contributed by atoms with Crippen molar-refractivity contribution < 1.29 is 4.79 Å². The van der Waals surface area contributed by atoms with Crippen molar-refractivity contribution in [1.29, 1.82) is 0 Å². The lowest BCUT2D eigenvalue weighted by Crippen LogP contribution is -2.38. The largest absolute Gasteiger partial charge is 0.339 e. The fourth-order valence-electron chi connectivity index (χ4n) is 3.46. The van der Waals surface area contributed by atoms with E-state index >= 15 is 0 Å². The number of likely N-dealkylation sites (tertiary alicyclic amines) is 1. The lowest BCUT2D eigenvalue weighted by atomic mass is 9.91. The van der Waals surface area contributed by atoms with E-state index in [4.69, 9.17) is 0 Å². The van der Waals surface area contributed by atoms with Gasteiger partial charge in [-0.3, -0.25) is 14.7 Å². The summed E-state index contributed by atoms with van der Waals surface area (Å²) >= 11 is 0. The van der Waals surface area contributed by atoms with Crippen LogP contribution in [0.5, 0.6) is 0 Å². The normalized spacial score (nSPS) is 15.8. The standard InChI is InChI=1S/C18H18N4O2/c23-17-15-4-2-1-3-14(15)16(11-19-17)18(24)22-7-5-12(6-8-22)13-9-20-21-10-13/h1-4,9-12H,5-8H2,(H,19,23)(H,20,21). The maximum atomic E-state index is 12.9. The van der Waals surface area contributed by atoms with Gasteiger partial charge in [-0.15, -0.1) is 0 Å². The van der Waals surface area contributed by atoms with Crippen LogP contribution in [0.1, 0.15) is 34.7 Å². The molecule has 0 bridgehead atoms. The van der Waals surface area contributed by atoms with Crippen LogP contribution in [0.2, 0.25) is 0 Å². The molecule has 0 radical (unpaired) electrons. The second kappa shape index (κ2) is 5.96. The summed E-state index contributed by atoms with van der Waals surface area (Å²) in [5, 5.41) is 8.11. The van der Waals surface area contributed by atoms with Crippen LogP contribution in [-0.4, -0.2) is 39.1 Å². The molecule has 2 aromatic heterocycles. The number of hydrogen-bond acceptors (Lipinski definition) is 3. The Kier molecular flexibility index (Phi) is 3.65. The molecule has 24 heavy (non-hydrogen) atoms. The number of hydrogen-bond donors (Lipinski definition) is 2. The van der Waals surface area contributed by atoms with Crippen LogP contribution in [0, 0.1) is 0 Å². The average Bonchev–Trinajstić information content (AvgIpc) is 3.17. The van der Waals surface area contributed by atoms with Crippen molar-refractivity contribution >= 4 is 16.7 Å². The Hall–Kier alpha value is -2.89. The molecule has 0 unspecified atom stereocenters. The van der Waals surface area contributed by atoms with Crippen molar-refractivity contribution in [2.45, 2.75) is 18.8 Å². The summed E-state index contributed by atoms with van der Waals surface area (Å²) in [5.74, 6) is 0.424. The predicted molar refractivity (Wildman–Crippen MR) is 91.0 cm³/mol. The fourth-order valence-corrected chi connectivity index (χ4v) is 3.46. The molecule has 1 amide bonds. The van der Waals surface area contributed by atoms with E-state index in [1.165, 1.54) is 11.8 Å². The summed E-state index contributed by atoms with van der Waals surface area (Å²) in [7, 11) is 0. The monoisotopic (exact) mass is 322 g/mol. The number of carbonyl (C=O) groups is 1. The van der Waals surface area contributed by atoms with Gasteiger partial charge in [-0.2, -0.15) is 5.10 Å². The second-order valence-electron chi connectivity index (χ2n) is 6.18. The van der Waals surface area contributed by atoms with E-state index in [1.54, 1.807) is 6.07 Å². The van der Waals surface area contributed by atoms with Crippen LogP contribution in [0.25, 0.3) is 10.8 Å². The van der Waals surface area contributed by atoms with E-state index < -0.39 is 0 Å². The van der Waals surface area contributed by atoms with E-state index in [0.717, 1.165) is 12.8 Å². The zero-order valence-corrected chi connectivity index (χ0v) is 13.2. The van der Waals surface area contributed by atoms with E-state index in [-0.39, 0.29) is 11.5 Å². The quantitative estimate of drug-likeness (QED) is 0.759. The second-order valence-corrected chi connectivity index (χ2v) is 6.18. The zero-order valence-electron chi connectivity index (χ0n) is 13.2. The summed E-state index contributed by atoms with van der Waals surface area (Å²) in [6.45, 7) is 1.42. The molecule has 0 atom stereocenters. The summed E-state index contributed by atoms with van der Waals surface area (Å²) < 4.78 is 0. The molecule has 1 aromatic carbocycles. The average molecular weight is 322 g/mol. The van der Waals surface area contributed by atoms with Gasteiger partial charge in [0, 0.05) is 36.3 Å². The number of nitrogens with one attached hydrogen (secondary N) is 2. The number of amides is 1. The van der Waals surface area contributed by atoms with Gasteiger partial charge in [0.05, 0.1) is 11.8 Å². The number of nitrogens with zero attached hydrogens (tertiary/aromatic N) is 2. The lowest BCUT2D eigenvalue weighted by molar-refractivity contribution is 0.0714. The third-order valence-electron chi connectivity index (χ3n) is 4.81. The minimum atomic E-state index is -0.166. The SMILES string of the molecule is O=C(c1c[nH]c(=O)c2ccccc12)N1CCC(c2cn[nH]c2)CC1. The van der Waals surface area contributed by atoms with Crippen molar-refractivity contribution in [3.05, 3.63) is 64.3 Å². The fraction of sp³-hybridized carbons (Fsp3) is 0.278. The van der Waals surface area contributed by atoms with Gasteiger partial charge in [0.25, 0.3) is 11.5 Å². The van der Waals surface area contributed by atoms with Crippen LogP contribution in [0.15, 0.2) is 47.7 Å². The Morgan fingerprint density at radius 2 is 1.88 bits per heavy atom. The predicted octanol–water partition coefficient (Wildman–Crippen LogP) is 2.27. The third-order valence-corrected chi connectivity index (χ3v) is 4.81. The van der Waals surface area contributed by atoms with Crippen LogP contribution < -0.4 is 5.56 Å². The van der Waals surface area contributed by atoms with E-state index in [0.29, 0.717) is 35.3 Å². The van der Waals surface area contributed by atoms with Crippen molar-refractivity contribution in [1.82, 2.24) is 20.1 Å². The summed E-state index contributed by atoms with van der Waals surface area (Å²) in [6, 6.07) is 7.23. The maximum absolute atomic E-state index is 12.9. The lowest BCUT2D eigenvalue weighted by Gasteiger charge is -2.31. The number of piperidine rings is 1. The topological polar surface area (TPSA) is 81.8 Å². The first-order chi connectivity index (χ1) is 11.7. The molecule has 6 heteroatoms. The first-order valence-corrected chi connectivity index (χ1v) is 8.12. The number of carbonyl (C=O) groups excluding carboxylic acids is 1. The number of H-pyrrole nitrogens is 2. The minimum absolute atomic E-state index is 0.0203. The maximum Gasteiger partial charge on any atom is 0.255 e. The Labute approximate surface area is 138 Å². The van der Waals surface area contributed by atoms with Crippen molar-refractivity contribution in [2.75, 3.05) is 13.1 Å². The minimum Gasteiger partial charge on any atom is -0.339 e. The van der Waals surface area contributed by atoms with Crippen LogP contribution in [-0.2, 0) is 0 Å². The number of aromatic amines is 2. The highest BCUT2D eigenvalue weighted by molar-refractivity contribution is 6.06. The molecular weight excluding hydrogens is 304 g/mol. The van der Waals surface area contributed by atoms with Crippen molar-refractivity contribution in [3.63, 3.8) is 0 Å². The first kappa shape index (κ1) is 14.7. The molecule has 122 valence electrons. The molecule has 4 rings (SSSR count). The number of pyridine rings is 1. The number of benzene rings is 1. The molecule has 0 aliphatic carbocycles. The van der Waals surface area contributed by atoms with Gasteiger partial charge >= 0.3 is 0 Å². The summed E-state index contributed by atoms with van der Waals surface area (Å²) in [5.41, 5.74) is 1.60. The number of fused-ring (bicyclic) bond motifs is 1. The van der Waals surface area contributed by atoms with E-state index in [2.05, 4.69) is 15.2 Å². The molecule has 1 fully saturated rings. The first-order valence-electron chi connectivity index (χ1n) is 8.12. The van der Waals surface area contributed by atoms with Gasteiger partial charge in [0.15, 0.2) is 0 Å². The van der Waals surface area contributed by atoms with Gasteiger partial charge in [-0.25, -0.2) is 0 Å². The van der Waals surface area contributed by atoms with E-state index in [9.17, 15) is 9.59 Å². The Balaban J connectivity index is 1.57. The summed E-state index contributed by atoms with van der Waals surface area (Å²) in [4.78, 5) is 29.4. The molecule has 2 N–H and O–H groups in total. The summed E-state index contributed by atoms with van der Waals surface area (Å²) in [6.07, 6.45) is 7.17.